The molecule has 0 aliphatic carbocycles. The summed E-state index contributed by atoms with van der Waals surface area (Å²) < 4.78 is 1.63. The lowest BCUT2D eigenvalue weighted by atomic mass is 9.97. The van der Waals surface area contributed by atoms with Crippen molar-refractivity contribution < 1.29 is 9.90 Å². The lowest BCUT2D eigenvalue weighted by Gasteiger charge is -2.21. The Kier molecular flexibility index (Phi) is 7.25. The maximum absolute atomic E-state index is 12.5. The zero-order valence-electron chi connectivity index (χ0n) is 13.7. The third kappa shape index (κ3) is 4.95. The largest absolute Gasteiger partial charge is 0.394 e. The van der Waals surface area contributed by atoms with Crippen molar-refractivity contribution in [2.45, 2.75) is 19.4 Å². The van der Waals surface area contributed by atoms with Crippen molar-refractivity contribution in [2.24, 2.45) is 5.92 Å². The van der Waals surface area contributed by atoms with Gasteiger partial charge in [-0.3, -0.25) is 4.79 Å². The van der Waals surface area contributed by atoms with Gasteiger partial charge in [-0.15, -0.1) is 12.4 Å². The Morgan fingerprint density at radius 1 is 1.32 bits per heavy atom. The van der Waals surface area contributed by atoms with E-state index in [1.807, 2.05) is 18.2 Å². The molecule has 1 aliphatic rings. The van der Waals surface area contributed by atoms with Crippen molar-refractivity contribution >= 4 is 35.7 Å². The van der Waals surface area contributed by atoms with Gasteiger partial charge < -0.3 is 15.7 Å². The minimum absolute atomic E-state index is 0. The first-order valence-corrected chi connectivity index (χ1v) is 8.51. The van der Waals surface area contributed by atoms with Gasteiger partial charge in [0.2, 0.25) is 5.91 Å². The van der Waals surface area contributed by atoms with Gasteiger partial charge in [0.05, 0.1) is 18.8 Å². The van der Waals surface area contributed by atoms with E-state index < -0.39 is 0 Å². The molecule has 0 atom stereocenters. The minimum Gasteiger partial charge on any atom is -0.394 e. The third-order valence-electron chi connectivity index (χ3n) is 4.19. The number of aliphatic hydroxyl groups excluding tert-OH is 1. The number of piperidine rings is 1. The number of aromatic nitrogens is 2. The summed E-state index contributed by atoms with van der Waals surface area (Å²) in [6.07, 6.45) is 1.67. The van der Waals surface area contributed by atoms with Crippen molar-refractivity contribution in [3.63, 3.8) is 0 Å². The van der Waals surface area contributed by atoms with Crippen LogP contribution in [0.5, 0.6) is 0 Å². The van der Waals surface area contributed by atoms with Crippen LogP contribution in [-0.2, 0) is 11.3 Å². The second-order valence-corrected chi connectivity index (χ2v) is 6.32. The second-order valence-electron chi connectivity index (χ2n) is 5.88. The smallest absolute Gasteiger partial charge is 0.228 e. The van der Waals surface area contributed by atoms with Crippen LogP contribution in [0.15, 0.2) is 30.3 Å². The average Bonchev–Trinajstić information content (AvgIpc) is 2.99. The Hall–Kier alpha value is -1.60. The first kappa shape index (κ1) is 19.7. The molecule has 0 saturated carbocycles. The summed E-state index contributed by atoms with van der Waals surface area (Å²) in [6, 6.07) is 9.20. The van der Waals surface area contributed by atoms with Crippen molar-refractivity contribution in [2.75, 3.05) is 25.0 Å². The van der Waals surface area contributed by atoms with E-state index in [2.05, 4.69) is 15.7 Å². The van der Waals surface area contributed by atoms with Crippen LogP contribution in [0.1, 0.15) is 12.8 Å². The third-order valence-corrected chi connectivity index (χ3v) is 4.44. The van der Waals surface area contributed by atoms with Crippen molar-refractivity contribution in [1.29, 1.82) is 0 Å². The normalized spacial score (nSPS) is 14.8. The minimum atomic E-state index is -0.0437. The van der Waals surface area contributed by atoms with E-state index in [-0.39, 0.29) is 30.8 Å². The van der Waals surface area contributed by atoms with E-state index in [0.717, 1.165) is 37.2 Å². The van der Waals surface area contributed by atoms with Crippen LogP contribution in [0.25, 0.3) is 11.3 Å². The number of halogens is 2. The summed E-state index contributed by atoms with van der Waals surface area (Å²) in [5, 5.41) is 20.6. The Bertz CT molecular complexity index is 697. The van der Waals surface area contributed by atoms with Crippen LogP contribution in [0, 0.1) is 5.92 Å². The number of carbonyl (C=O) groups is 1. The molecule has 1 amide bonds. The van der Waals surface area contributed by atoms with E-state index >= 15 is 0 Å². The fraction of sp³-hybridized carbons (Fsp3) is 0.412. The Morgan fingerprint density at radius 2 is 2.00 bits per heavy atom. The Morgan fingerprint density at radius 3 is 2.64 bits per heavy atom. The maximum Gasteiger partial charge on any atom is 0.228 e. The Balaban J connectivity index is 0.00000225. The van der Waals surface area contributed by atoms with Gasteiger partial charge in [-0.05, 0) is 38.1 Å². The van der Waals surface area contributed by atoms with Crippen LogP contribution in [0.2, 0.25) is 5.02 Å². The molecule has 136 valence electrons. The molecule has 0 bridgehead atoms. The van der Waals surface area contributed by atoms with Gasteiger partial charge in [-0.2, -0.15) is 5.10 Å². The van der Waals surface area contributed by atoms with E-state index in [1.54, 1.807) is 16.8 Å². The zero-order valence-corrected chi connectivity index (χ0v) is 15.3. The van der Waals surface area contributed by atoms with Crippen LogP contribution < -0.4 is 10.6 Å². The fourth-order valence-electron chi connectivity index (χ4n) is 2.86. The van der Waals surface area contributed by atoms with E-state index in [9.17, 15) is 9.90 Å². The second kappa shape index (κ2) is 9.20. The van der Waals surface area contributed by atoms with E-state index in [0.29, 0.717) is 17.4 Å². The lowest BCUT2D eigenvalue weighted by Crippen LogP contribution is -2.35. The molecule has 0 radical (unpaired) electrons. The van der Waals surface area contributed by atoms with Gasteiger partial charge >= 0.3 is 0 Å². The van der Waals surface area contributed by atoms with Gasteiger partial charge in [0.1, 0.15) is 5.82 Å². The number of anilines is 1. The van der Waals surface area contributed by atoms with Crippen LogP contribution in [-0.4, -0.2) is 40.5 Å². The van der Waals surface area contributed by atoms with Crippen molar-refractivity contribution in [3.05, 3.63) is 35.4 Å². The molecule has 1 aliphatic heterocycles. The molecule has 25 heavy (non-hydrogen) atoms. The number of benzene rings is 1. The summed E-state index contributed by atoms with van der Waals surface area (Å²) >= 11 is 5.92. The first-order chi connectivity index (χ1) is 11.7. The number of hydrogen-bond acceptors (Lipinski definition) is 4. The molecule has 1 aromatic heterocycles. The zero-order chi connectivity index (χ0) is 16.9. The number of aliphatic hydroxyl groups is 1. The summed E-state index contributed by atoms with van der Waals surface area (Å²) in [6.45, 7) is 2.02. The molecule has 1 fully saturated rings. The van der Waals surface area contributed by atoms with Crippen LogP contribution >= 0.6 is 24.0 Å². The quantitative estimate of drug-likeness (QED) is 0.739. The van der Waals surface area contributed by atoms with Crippen LogP contribution in [0.3, 0.4) is 0 Å². The molecular formula is C17H22Cl2N4O2. The molecule has 3 N–H and O–H groups in total. The molecule has 1 aromatic carbocycles. The van der Waals surface area contributed by atoms with Gasteiger partial charge in [0, 0.05) is 22.6 Å². The molecule has 8 heteroatoms. The van der Waals surface area contributed by atoms with Crippen LogP contribution in [0.4, 0.5) is 5.82 Å². The molecular weight excluding hydrogens is 363 g/mol. The highest BCUT2D eigenvalue weighted by atomic mass is 35.5. The molecule has 6 nitrogen and oxygen atoms in total. The number of hydrogen-bond donors (Lipinski definition) is 3. The lowest BCUT2D eigenvalue weighted by molar-refractivity contribution is -0.120. The highest BCUT2D eigenvalue weighted by Gasteiger charge is 2.22. The van der Waals surface area contributed by atoms with E-state index in [1.165, 1.54) is 0 Å². The SMILES string of the molecule is Cl.O=C(Nc1cc(-c2ccc(Cl)cc2)nn1CCO)C1CCNCC1. The highest BCUT2D eigenvalue weighted by molar-refractivity contribution is 6.30. The molecule has 2 aromatic rings. The molecule has 0 unspecified atom stereocenters. The summed E-state index contributed by atoms with van der Waals surface area (Å²) in [4.78, 5) is 12.5. The van der Waals surface area contributed by atoms with Gasteiger partial charge in [0.15, 0.2) is 0 Å². The number of rotatable bonds is 5. The standard InChI is InChI=1S/C17H21ClN4O2.ClH/c18-14-3-1-12(2-4-14)15-11-16(22(21-15)9-10-23)20-17(24)13-5-7-19-8-6-13;/h1-4,11,13,19,23H,5-10H2,(H,20,24);1H. The predicted molar refractivity (Wildman–Crippen MR) is 101 cm³/mol. The average molecular weight is 385 g/mol. The summed E-state index contributed by atoms with van der Waals surface area (Å²) in [5.41, 5.74) is 1.65. The van der Waals surface area contributed by atoms with Gasteiger partial charge in [-0.1, -0.05) is 23.7 Å². The number of amides is 1. The van der Waals surface area contributed by atoms with Crippen molar-refractivity contribution in [1.82, 2.24) is 15.1 Å². The highest BCUT2D eigenvalue weighted by Crippen LogP contribution is 2.24. The monoisotopic (exact) mass is 384 g/mol. The maximum atomic E-state index is 12.5. The van der Waals surface area contributed by atoms with Gasteiger partial charge in [0.25, 0.3) is 0 Å². The van der Waals surface area contributed by atoms with E-state index in [4.69, 9.17) is 11.6 Å². The molecule has 0 spiro atoms. The number of carbonyl (C=O) groups excluding carboxylic acids is 1. The van der Waals surface area contributed by atoms with Crippen molar-refractivity contribution in [3.8, 4) is 11.3 Å². The van der Waals surface area contributed by atoms with Gasteiger partial charge in [-0.25, -0.2) is 4.68 Å². The number of nitrogens with one attached hydrogen (secondary N) is 2. The topological polar surface area (TPSA) is 79.2 Å². The fourth-order valence-corrected chi connectivity index (χ4v) is 2.98. The predicted octanol–water partition coefficient (Wildman–Crippen LogP) is 2.56. The molecule has 3 rings (SSSR count). The molecule has 1 saturated heterocycles. The molecule has 2 heterocycles. The summed E-state index contributed by atoms with van der Waals surface area (Å²) in [7, 11) is 0. The summed E-state index contributed by atoms with van der Waals surface area (Å²) in [5.74, 6) is 0.637. The number of nitrogens with zero attached hydrogens (tertiary/aromatic N) is 2. The first-order valence-electron chi connectivity index (χ1n) is 8.13. The Labute approximate surface area is 158 Å².